The monoisotopic (exact) mass is 364 g/mol. The van der Waals surface area contributed by atoms with Gasteiger partial charge in [-0.2, -0.15) is 0 Å². The number of hydrogen-bond donors (Lipinski definition) is 2. The van der Waals surface area contributed by atoms with Crippen LogP contribution in [0.2, 0.25) is 0 Å². The van der Waals surface area contributed by atoms with Crippen molar-refractivity contribution in [2.45, 2.75) is 18.7 Å². The minimum absolute atomic E-state index is 0.0103. The van der Waals surface area contributed by atoms with Crippen molar-refractivity contribution in [1.29, 1.82) is 0 Å². The quantitative estimate of drug-likeness (QED) is 0.784. The highest BCUT2D eigenvalue weighted by Gasteiger charge is 2.19. The van der Waals surface area contributed by atoms with E-state index in [1.54, 1.807) is 32.0 Å². The van der Waals surface area contributed by atoms with Crippen LogP contribution in [0.15, 0.2) is 41.3 Å². The molecule has 0 radical (unpaired) electrons. The number of benzene rings is 2. The van der Waals surface area contributed by atoms with E-state index < -0.39 is 15.9 Å². The summed E-state index contributed by atoms with van der Waals surface area (Å²) < 4.78 is 38.1. The molecule has 2 aromatic carbocycles. The van der Waals surface area contributed by atoms with Gasteiger partial charge in [-0.3, -0.25) is 9.52 Å². The molecule has 25 heavy (non-hydrogen) atoms. The average Bonchev–Trinajstić information content (AvgIpc) is 2.56. The molecule has 0 spiro atoms. The number of methoxy groups -OCH3 is 1. The van der Waals surface area contributed by atoms with Crippen molar-refractivity contribution in [3.63, 3.8) is 0 Å². The Kier molecular flexibility index (Phi) is 5.53. The van der Waals surface area contributed by atoms with E-state index in [1.807, 2.05) is 0 Å². The van der Waals surface area contributed by atoms with E-state index in [0.29, 0.717) is 23.6 Å². The molecule has 0 atom stereocenters. The normalized spacial score (nSPS) is 11.0. The highest BCUT2D eigenvalue weighted by Crippen LogP contribution is 2.26. The summed E-state index contributed by atoms with van der Waals surface area (Å²) in [4.78, 5) is 11.5. The van der Waals surface area contributed by atoms with Crippen molar-refractivity contribution in [2.24, 2.45) is 5.73 Å². The number of ether oxygens (including phenoxy) is 2. The first-order chi connectivity index (χ1) is 11.8. The third-order valence-corrected chi connectivity index (χ3v) is 4.87. The van der Waals surface area contributed by atoms with Gasteiger partial charge in [0, 0.05) is 0 Å². The molecule has 0 heterocycles. The van der Waals surface area contributed by atoms with Crippen molar-refractivity contribution >= 4 is 21.6 Å². The predicted octanol–water partition coefficient (Wildman–Crippen LogP) is 2.30. The predicted molar refractivity (Wildman–Crippen MR) is 94.7 cm³/mol. The second kappa shape index (κ2) is 7.43. The topological polar surface area (TPSA) is 108 Å². The van der Waals surface area contributed by atoms with E-state index in [0.717, 1.165) is 0 Å². The van der Waals surface area contributed by atoms with Gasteiger partial charge < -0.3 is 15.2 Å². The first kappa shape index (κ1) is 18.6. The summed E-state index contributed by atoms with van der Waals surface area (Å²) in [6.07, 6.45) is 0. The molecule has 2 rings (SSSR count). The Balaban J connectivity index is 2.39. The third-order valence-electron chi connectivity index (χ3n) is 3.50. The highest BCUT2D eigenvalue weighted by molar-refractivity contribution is 7.92. The molecule has 0 aromatic heterocycles. The Morgan fingerprint density at radius 3 is 2.48 bits per heavy atom. The molecule has 0 fully saturated rings. The van der Waals surface area contributed by atoms with Crippen molar-refractivity contribution in [3.8, 4) is 11.5 Å². The fourth-order valence-electron chi connectivity index (χ4n) is 2.23. The summed E-state index contributed by atoms with van der Waals surface area (Å²) in [5, 5.41) is 0. The summed E-state index contributed by atoms with van der Waals surface area (Å²) in [6.45, 7) is 3.84. The van der Waals surface area contributed by atoms with Crippen LogP contribution in [-0.4, -0.2) is 28.0 Å². The molecule has 2 aromatic rings. The van der Waals surface area contributed by atoms with Gasteiger partial charge in [-0.05, 0) is 55.8 Å². The van der Waals surface area contributed by atoms with Gasteiger partial charge in [0.2, 0.25) is 0 Å². The number of anilines is 1. The van der Waals surface area contributed by atoms with E-state index in [2.05, 4.69) is 4.72 Å². The molecule has 0 saturated heterocycles. The van der Waals surface area contributed by atoms with Crippen LogP contribution in [0.1, 0.15) is 22.8 Å². The summed E-state index contributed by atoms with van der Waals surface area (Å²) in [5.41, 5.74) is 6.44. The summed E-state index contributed by atoms with van der Waals surface area (Å²) in [6, 6.07) is 8.95. The summed E-state index contributed by atoms with van der Waals surface area (Å²) >= 11 is 0. The standard InChI is InChI=1S/C17H20N2O5S/c1-4-24-16-8-6-13(10-14(16)17(18)20)25(21,22)19-15-7-5-12(23-3)9-11(15)2/h5-10,19H,4H2,1-3H3,(H2,18,20). The van der Waals surface area contributed by atoms with Crippen molar-refractivity contribution in [3.05, 3.63) is 47.5 Å². The number of rotatable bonds is 7. The molecule has 0 saturated carbocycles. The van der Waals surface area contributed by atoms with E-state index in [1.165, 1.54) is 25.3 Å². The molecule has 1 amide bonds. The maximum atomic E-state index is 12.6. The van der Waals surface area contributed by atoms with Crippen molar-refractivity contribution < 1.29 is 22.7 Å². The van der Waals surface area contributed by atoms with Gasteiger partial charge in [0.15, 0.2) is 0 Å². The lowest BCUT2D eigenvalue weighted by Crippen LogP contribution is -2.17. The number of aryl methyl sites for hydroxylation is 1. The van der Waals surface area contributed by atoms with Crippen LogP contribution in [0.25, 0.3) is 0 Å². The zero-order valence-electron chi connectivity index (χ0n) is 14.2. The van der Waals surface area contributed by atoms with Crippen LogP contribution in [0.4, 0.5) is 5.69 Å². The molecule has 134 valence electrons. The maximum Gasteiger partial charge on any atom is 0.261 e. The Bertz CT molecular complexity index is 894. The van der Waals surface area contributed by atoms with E-state index in [9.17, 15) is 13.2 Å². The SMILES string of the molecule is CCOc1ccc(S(=O)(=O)Nc2ccc(OC)cc2C)cc1C(N)=O. The van der Waals surface area contributed by atoms with Gasteiger partial charge in [-0.25, -0.2) is 8.42 Å². The van der Waals surface area contributed by atoms with Crippen LogP contribution in [-0.2, 0) is 10.0 Å². The molecular weight excluding hydrogens is 344 g/mol. The van der Waals surface area contributed by atoms with Gasteiger partial charge >= 0.3 is 0 Å². The zero-order chi connectivity index (χ0) is 18.6. The van der Waals surface area contributed by atoms with Crippen LogP contribution in [0.3, 0.4) is 0 Å². The maximum absolute atomic E-state index is 12.6. The third kappa shape index (κ3) is 4.21. The fourth-order valence-corrected chi connectivity index (χ4v) is 3.39. The summed E-state index contributed by atoms with van der Waals surface area (Å²) in [5.74, 6) is 0.105. The Hall–Kier alpha value is -2.74. The second-order valence-electron chi connectivity index (χ2n) is 5.24. The number of primary amides is 1. The second-order valence-corrected chi connectivity index (χ2v) is 6.92. The minimum atomic E-state index is -3.90. The van der Waals surface area contributed by atoms with Crippen LogP contribution in [0, 0.1) is 6.92 Å². The van der Waals surface area contributed by atoms with Crippen molar-refractivity contribution in [1.82, 2.24) is 0 Å². The Morgan fingerprint density at radius 1 is 1.20 bits per heavy atom. The molecule has 8 heteroatoms. The highest BCUT2D eigenvalue weighted by atomic mass is 32.2. The smallest absolute Gasteiger partial charge is 0.261 e. The molecule has 0 unspecified atom stereocenters. The van der Waals surface area contributed by atoms with Gasteiger partial charge in [0.1, 0.15) is 11.5 Å². The minimum Gasteiger partial charge on any atom is -0.497 e. The van der Waals surface area contributed by atoms with Gasteiger partial charge in [-0.1, -0.05) is 0 Å². The van der Waals surface area contributed by atoms with E-state index in [4.69, 9.17) is 15.2 Å². The first-order valence-corrected chi connectivity index (χ1v) is 9.01. The Morgan fingerprint density at radius 2 is 1.92 bits per heavy atom. The number of carbonyl (C=O) groups excluding carboxylic acids is 1. The molecular formula is C17H20N2O5S. The summed E-state index contributed by atoms with van der Waals surface area (Å²) in [7, 11) is -2.37. The molecule has 0 bridgehead atoms. The number of amides is 1. The largest absolute Gasteiger partial charge is 0.497 e. The van der Waals surface area contributed by atoms with Crippen LogP contribution < -0.4 is 19.9 Å². The van der Waals surface area contributed by atoms with Crippen molar-refractivity contribution in [2.75, 3.05) is 18.4 Å². The number of nitrogens with one attached hydrogen (secondary N) is 1. The number of carbonyl (C=O) groups is 1. The van der Waals surface area contributed by atoms with Crippen LogP contribution in [0.5, 0.6) is 11.5 Å². The molecule has 3 N–H and O–H groups in total. The van der Waals surface area contributed by atoms with Gasteiger partial charge in [-0.15, -0.1) is 0 Å². The van der Waals surface area contributed by atoms with Gasteiger partial charge in [0.25, 0.3) is 15.9 Å². The molecule has 0 aliphatic heterocycles. The number of nitrogens with two attached hydrogens (primary N) is 1. The molecule has 0 aliphatic carbocycles. The molecule has 7 nitrogen and oxygen atoms in total. The van der Waals surface area contributed by atoms with E-state index in [-0.39, 0.29) is 16.2 Å². The zero-order valence-corrected chi connectivity index (χ0v) is 15.0. The average molecular weight is 364 g/mol. The van der Waals surface area contributed by atoms with E-state index >= 15 is 0 Å². The number of sulfonamides is 1. The van der Waals surface area contributed by atoms with Gasteiger partial charge in [0.05, 0.1) is 29.9 Å². The van der Waals surface area contributed by atoms with Crippen LogP contribution >= 0.6 is 0 Å². The number of hydrogen-bond acceptors (Lipinski definition) is 5. The lowest BCUT2D eigenvalue weighted by molar-refractivity contribution is 0.0996. The lowest BCUT2D eigenvalue weighted by atomic mass is 10.2. The fraction of sp³-hybridized carbons (Fsp3) is 0.235. The first-order valence-electron chi connectivity index (χ1n) is 7.52. The Labute approximate surface area is 146 Å². The molecule has 0 aliphatic rings. The lowest BCUT2D eigenvalue weighted by Gasteiger charge is -2.13.